The monoisotopic (exact) mass is 393 g/mol. The fourth-order valence-electron chi connectivity index (χ4n) is 3.53. The minimum absolute atomic E-state index is 0.00393. The maximum absolute atomic E-state index is 12.8. The van der Waals surface area contributed by atoms with Gasteiger partial charge < -0.3 is 19.3 Å². The van der Waals surface area contributed by atoms with Gasteiger partial charge in [0, 0.05) is 42.7 Å². The van der Waals surface area contributed by atoms with Crippen LogP contribution in [0.5, 0.6) is 0 Å². The first-order valence-electron chi connectivity index (χ1n) is 9.70. The molecule has 1 N–H and O–H groups in total. The summed E-state index contributed by atoms with van der Waals surface area (Å²) in [4.78, 5) is 31.0. The average Bonchev–Trinajstić information content (AvgIpc) is 3.44. The van der Waals surface area contributed by atoms with Crippen LogP contribution in [0.2, 0.25) is 0 Å². The summed E-state index contributed by atoms with van der Waals surface area (Å²) in [5.41, 5.74) is 1.67. The predicted octanol–water partition coefficient (Wildman–Crippen LogP) is 2.34. The molecule has 0 aliphatic carbocycles. The first-order valence-corrected chi connectivity index (χ1v) is 9.70. The zero-order chi connectivity index (χ0) is 20.2. The van der Waals surface area contributed by atoms with E-state index in [1.165, 1.54) is 0 Å². The molecule has 1 aliphatic rings. The Morgan fingerprint density at radius 3 is 2.45 bits per heavy atom. The van der Waals surface area contributed by atoms with E-state index in [0.717, 1.165) is 5.69 Å². The zero-order valence-electron chi connectivity index (χ0n) is 16.2. The zero-order valence-corrected chi connectivity index (χ0v) is 16.2. The third-order valence-corrected chi connectivity index (χ3v) is 5.15. The number of hydrogen-bond donors (Lipinski definition) is 1. The smallest absolute Gasteiger partial charge is 0.253 e. The summed E-state index contributed by atoms with van der Waals surface area (Å²) < 4.78 is 7.00. The van der Waals surface area contributed by atoms with Crippen molar-refractivity contribution in [1.82, 2.24) is 24.9 Å². The van der Waals surface area contributed by atoms with Crippen LogP contribution in [0.25, 0.3) is 5.69 Å². The van der Waals surface area contributed by atoms with Crippen molar-refractivity contribution in [3.8, 4) is 5.69 Å². The quantitative estimate of drug-likeness (QED) is 0.718. The number of aryl methyl sites for hydroxylation is 1. The van der Waals surface area contributed by atoms with Crippen molar-refractivity contribution in [3.05, 3.63) is 66.1 Å². The summed E-state index contributed by atoms with van der Waals surface area (Å²) in [5.74, 6) is 0.793. The molecule has 2 aromatic heterocycles. The number of carbonyl (C=O) groups is 2. The van der Waals surface area contributed by atoms with Crippen LogP contribution in [-0.4, -0.2) is 44.5 Å². The van der Waals surface area contributed by atoms with E-state index in [1.807, 2.05) is 58.3 Å². The van der Waals surface area contributed by atoms with Gasteiger partial charge in [-0.1, -0.05) is 5.16 Å². The van der Waals surface area contributed by atoms with Crippen LogP contribution < -0.4 is 5.32 Å². The van der Waals surface area contributed by atoms with E-state index in [4.69, 9.17) is 4.52 Å². The molecule has 0 spiro atoms. The molecule has 1 aromatic carbocycles. The highest BCUT2D eigenvalue weighted by atomic mass is 16.5. The first-order chi connectivity index (χ1) is 14.1. The van der Waals surface area contributed by atoms with Gasteiger partial charge in [-0.2, -0.15) is 4.98 Å². The van der Waals surface area contributed by atoms with Crippen molar-refractivity contribution >= 4 is 11.8 Å². The van der Waals surface area contributed by atoms with Gasteiger partial charge in [0.2, 0.25) is 11.8 Å². The second-order valence-electron chi connectivity index (χ2n) is 7.16. The Kier molecular flexibility index (Phi) is 5.41. The van der Waals surface area contributed by atoms with Crippen LogP contribution in [0.4, 0.5) is 0 Å². The van der Waals surface area contributed by atoms with E-state index >= 15 is 0 Å². The fourth-order valence-corrected chi connectivity index (χ4v) is 3.53. The molecule has 0 atom stereocenters. The molecule has 29 heavy (non-hydrogen) atoms. The largest absolute Gasteiger partial charge is 0.347 e. The minimum Gasteiger partial charge on any atom is -0.347 e. The van der Waals surface area contributed by atoms with Crippen molar-refractivity contribution in [2.24, 2.45) is 5.92 Å². The lowest BCUT2D eigenvalue weighted by atomic mass is 9.95. The Bertz CT molecular complexity index is 970. The highest BCUT2D eigenvalue weighted by Crippen LogP contribution is 2.20. The lowest BCUT2D eigenvalue weighted by Crippen LogP contribution is -2.42. The van der Waals surface area contributed by atoms with Crippen molar-refractivity contribution < 1.29 is 14.1 Å². The number of carbonyl (C=O) groups excluding carboxylic acids is 2. The van der Waals surface area contributed by atoms with E-state index in [0.29, 0.717) is 43.2 Å². The molecule has 150 valence electrons. The van der Waals surface area contributed by atoms with Crippen LogP contribution >= 0.6 is 0 Å². The van der Waals surface area contributed by atoms with Gasteiger partial charge in [-0.15, -0.1) is 0 Å². The Hall–Kier alpha value is -3.42. The van der Waals surface area contributed by atoms with Gasteiger partial charge in [0.25, 0.3) is 5.91 Å². The molecular formula is C21H23N5O3. The van der Waals surface area contributed by atoms with E-state index in [9.17, 15) is 9.59 Å². The summed E-state index contributed by atoms with van der Waals surface area (Å²) in [6.07, 6.45) is 5.21. The second-order valence-corrected chi connectivity index (χ2v) is 7.16. The van der Waals surface area contributed by atoms with E-state index in [1.54, 1.807) is 6.92 Å². The molecule has 0 radical (unpaired) electrons. The predicted molar refractivity (Wildman–Crippen MR) is 105 cm³/mol. The summed E-state index contributed by atoms with van der Waals surface area (Å²) in [7, 11) is 0. The summed E-state index contributed by atoms with van der Waals surface area (Å²) in [6, 6.07) is 11.5. The van der Waals surface area contributed by atoms with E-state index in [-0.39, 0.29) is 24.3 Å². The maximum Gasteiger partial charge on any atom is 0.253 e. The molecule has 0 bridgehead atoms. The molecule has 2 amide bonds. The molecule has 1 aliphatic heterocycles. The Morgan fingerprint density at radius 2 is 1.83 bits per heavy atom. The Morgan fingerprint density at radius 1 is 1.14 bits per heavy atom. The standard InChI is InChI=1S/C21H23N5O3/c1-15-23-19(29-24-15)14-22-20(27)16-8-12-26(13-9-16)21(28)17-4-6-18(7-5-17)25-10-2-3-11-25/h2-7,10-11,16H,8-9,12-14H2,1H3,(H,22,27). The number of nitrogens with one attached hydrogen (secondary N) is 1. The molecule has 3 heterocycles. The van der Waals surface area contributed by atoms with Crippen LogP contribution in [0.15, 0.2) is 53.3 Å². The van der Waals surface area contributed by atoms with Gasteiger partial charge in [-0.25, -0.2) is 0 Å². The van der Waals surface area contributed by atoms with Crippen molar-refractivity contribution in [3.63, 3.8) is 0 Å². The lowest BCUT2D eigenvalue weighted by molar-refractivity contribution is -0.126. The third-order valence-electron chi connectivity index (χ3n) is 5.15. The normalized spacial score (nSPS) is 14.7. The highest BCUT2D eigenvalue weighted by molar-refractivity contribution is 5.94. The third kappa shape index (κ3) is 4.37. The van der Waals surface area contributed by atoms with Crippen molar-refractivity contribution in [2.45, 2.75) is 26.3 Å². The number of amides is 2. The first kappa shape index (κ1) is 18.9. The van der Waals surface area contributed by atoms with Crippen LogP contribution in [-0.2, 0) is 11.3 Å². The van der Waals surface area contributed by atoms with Crippen molar-refractivity contribution in [1.29, 1.82) is 0 Å². The van der Waals surface area contributed by atoms with E-state index in [2.05, 4.69) is 15.5 Å². The molecule has 3 aromatic rings. The number of piperidine rings is 1. The molecule has 8 heteroatoms. The van der Waals surface area contributed by atoms with E-state index < -0.39 is 0 Å². The second kappa shape index (κ2) is 8.30. The number of likely N-dealkylation sites (tertiary alicyclic amines) is 1. The summed E-state index contributed by atoms with van der Waals surface area (Å²) in [5, 5.41) is 6.54. The van der Waals surface area contributed by atoms with Gasteiger partial charge in [-0.3, -0.25) is 9.59 Å². The van der Waals surface area contributed by atoms with Crippen LogP contribution in [0.1, 0.15) is 34.9 Å². The molecule has 4 rings (SSSR count). The Balaban J connectivity index is 1.28. The molecule has 8 nitrogen and oxygen atoms in total. The molecule has 1 saturated heterocycles. The molecule has 0 unspecified atom stereocenters. The highest BCUT2D eigenvalue weighted by Gasteiger charge is 2.28. The topological polar surface area (TPSA) is 93.3 Å². The molecular weight excluding hydrogens is 370 g/mol. The number of nitrogens with zero attached hydrogens (tertiary/aromatic N) is 4. The van der Waals surface area contributed by atoms with Gasteiger partial charge in [0.05, 0.1) is 6.54 Å². The van der Waals surface area contributed by atoms with Crippen molar-refractivity contribution in [2.75, 3.05) is 13.1 Å². The molecule has 1 fully saturated rings. The van der Waals surface area contributed by atoms with Gasteiger partial charge in [0.1, 0.15) is 0 Å². The van der Waals surface area contributed by atoms with Gasteiger partial charge in [0.15, 0.2) is 5.82 Å². The Labute approximate surface area is 168 Å². The van der Waals surface area contributed by atoms with Gasteiger partial charge in [-0.05, 0) is 56.2 Å². The summed E-state index contributed by atoms with van der Waals surface area (Å²) >= 11 is 0. The number of aromatic nitrogens is 3. The number of rotatable bonds is 5. The number of hydrogen-bond acceptors (Lipinski definition) is 5. The van der Waals surface area contributed by atoms with Crippen LogP contribution in [0, 0.1) is 12.8 Å². The van der Waals surface area contributed by atoms with Gasteiger partial charge >= 0.3 is 0 Å². The minimum atomic E-state index is -0.112. The molecule has 0 saturated carbocycles. The number of benzene rings is 1. The summed E-state index contributed by atoms with van der Waals surface area (Å²) in [6.45, 7) is 3.09. The SMILES string of the molecule is Cc1noc(CNC(=O)C2CCN(C(=O)c3ccc(-n4cccc4)cc3)CC2)n1. The van der Waals surface area contributed by atoms with Crippen LogP contribution in [0.3, 0.4) is 0 Å². The maximum atomic E-state index is 12.8. The lowest BCUT2D eigenvalue weighted by Gasteiger charge is -2.31. The fraction of sp³-hybridized carbons (Fsp3) is 0.333. The average molecular weight is 393 g/mol.